The van der Waals surface area contributed by atoms with Crippen molar-refractivity contribution in [3.05, 3.63) is 165 Å². The van der Waals surface area contributed by atoms with Gasteiger partial charge in [-0.05, 0) is 0 Å². The summed E-state index contributed by atoms with van der Waals surface area (Å²) in [4.78, 5) is 0. The van der Waals surface area contributed by atoms with Crippen molar-refractivity contribution in [1.82, 2.24) is 0 Å². The Morgan fingerprint density at radius 3 is 1.26 bits per heavy atom. The molecule has 0 aliphatic heterocycles. The van der Waals surface area contributed by atoms with Crippen LogP contribution in [0.4, 0.5) is 0 Å². The van der Waals surface area contributed by atoms with Crippen LogP contribution in [-0.4, -0.2) is 5.43 Å². The predicted molar refractivity (Wildman–Crippen MR) is 218 cm³/mol. The van der Waals surface area contributed by atoms with Gasteiger partial charge in [0.25, 0.3) is 0 Å². The van der Waals surface area contributed by atoms with Crippen molar-refractivity contribution >= 4 is 28.7 Å². The van der Waals surface area contributed by atoms with E-state index in [1.807, 2.05) is 0 Å². The summed E-state index contributed by atoms with van der Waals surface area (Å²) < 4.78 is 13.9. The second-order valence-electron chi connectivity index (χ2n) is 14.9. The molecule has 2 unspecified atom stereocenters. The molecule has 0 N–H and O–H groups in total. The van der Waals surface area contributed by atoms with Crippen molar-refractivity contribution in [3.8, 4) is 22.3 Å². The molecule has 6 aromatic rings. The molecule has 0 saturated heterocycles. The molecule has 0 fully saturated rings. The molecule has 274 valence electrons. The first kappa shape index (κ1) is 40.3. The van der Waals surface area contributed by atoms with Gasteiger partial charge >= 0.3 is 320 Å². The molecule has 0 saturated carbocycles. The molecular formula is C48H48Cl2O2SiZr. The minimum absolute atomic E-state index is 0. The molecule has 2 aliphatic rings. The Morgan fingerprint density at radius 1 is 0.556 bits per heavy atom. The molecule has 0 bridgehead atoms. The number of halogens is 2. The van der Waals surface area contributed by atoms with E-state index in [1.54, 1.807) is 0 Å². The van der Waals surface area contributed by atoms with Crippen molar-refractivity contribution in [2.45, 2.75) is 74.7 Å². The van der Waals surface area contributed by atoms with Gasteiger partial charge in [-0.1, -0.05) is 0 Å². The Morgan fingerprint density at radius 2 is 0.944 bits per heavy atom. The predicted octanol–water partition coefficient (Wildman–Crippen LogP) is 7.33. The van der Waals surface area contributed by atoms with Crippen LogP contribution in [0, 0.1) is 27.7 Å². The monoisotopic (exact) mass is 844 g/mol. The quantitative estimate of drug-likeness (QED) is 0.150. The molecule has 8 rings (SSSR count). The summed E-state index contributed by atoms with van der Waals surface area (Å²) in [7, 11) is 0. The van der Waals surface area contributed by atoms with Crippen LogP contribution in [0.25, 0.3) is 45.6 Å². The van der Waals surface area contributed by atoms with E-state index < -0.39 is 25.8 Å². The van der Waals surface area contributed by atoms with Gasteiger partial charge < -0.3 is 24.8 Å². The molecule has 4 aromatic carbocycles. The van der Waals surface area contributed by atoms with E-state index in [2.05, 4.69) is 164 Å². The first-order valence-electron chi connectivity index (χ1n) is 18.9. The van der Waals surface area contributed by atoms with Crippen molar-refractivity contribution in [3.63, 3.8) is 0 Å². The summed E-state index contributed by atoms with van der Waals surface area (Å²) in [6.45, 7) is 18.7. The minimum atomic E-state index is -2.68. The molecular weight excluding hydrogens is 799 g/mol. The maximum atomic E-state index is 6.61. The number of hydrogen-bond donors (Lipinski definition) is 0. The fourth-order valence-corrected chi connectivity index (χ4v) is 28.8. The molecule has 2 heterocycles. The smallest absolute Gasteiger partial charge is 1.00 e. The van der Waals surface area contributed by atoms with Gasteiger partial charge in [-0.2, -0.15) is 0 Å². The van der Waals surface area contributed by atoms with E-state index in [9.17, 15) is 0 Å². The Balaban J connectivity index is 0.00000249. The third-order valence-electron chi connectivity index (χ3n) is 11.5. The molecule has 0 amide bonds. The number of allylic oxidation sites excluding steroid dienone is 2. The number of hydrogen-bond acceptors (Lipinski definition) is 2. The van der Waals surface area contributed by atoms with Crippen molar-refractivity contribution in [1.29, 1.82) is 0 Å². The van der Waals surface area contributed by atoms with E-state index >= 15 is 0 Å². The average molecular weight is 847 g/mol. The Hall–Kier alpha value is -3.40. The van der Waals surface area contributed by atoms with Crippen molar-refractivity contribution in [2.75, 3.05) is 0 Å². The second-order valence-corrected chi connectivity index (χ2v) is 32.7. The molecule has 0 spiro atoms. The second kappa shape index (κ2) is 16.4. The average Bonchev–Trinajstić information content (AvgIpc) is 3.94. The van der Waals surface area contributed by atoms with Gasteiger partial charge in [0.1, 0.15) is 0 Å². The Kier molecular flexibility index (Phi) is 12.2. The third kappa shape index (κ3) is 6.87. The number of fused-ring (bicyclic) bond motifs is 2. The number of rotatable bonds is 8. The van der Waals surface area contributed by atoms with Gasteiger partial charge in [0, 0.05) is 0 Å². The maximum absolute atomic E-state index is 6.61. The summed E-state index contributed by atoms with van der Waals surface area (Å²) in [5, 5.41) is 0. The number of aryl methyl sites for hydroxylation is 4. The number of benzene rings is 4. The first-order valence-corrected chi connectivity index (χ1v) is 27.9. The van der Waals surface area contributed by atoms with Crippen LogP contribution >= 0.6 is 0 Å². The zero-order chi connectivity index (χ0) is 36.3. The van der Waals surface area contributed by atoms with E-state index in [0.29, 0.717) is 7.25 Å². The van der Waals surface area contributed by atoms with Crippen LogP contribution in [0.2, 0.25) is 13.1 Å². The van der Waals surface area contributed by atoms with Crippen molar-refractivity contribution < 1.29 is 54.0 Å². The van der Waals surface area contributed by atoms with Crippen LogP contribution < -0.4 is 24.8 Å². The fourth-order valence-electron chi connectivity index (χ4n) is 9.07. The molecule has 2 aliphatic carbocycles. The van der Waals surface area contributed by atoms with Crippen LogP contribution in [-0.2, 0) is 33.2 Å². The Bertz CT molecular complexity index is 2280. The molecule has 6 heteroatoms. The van der Waals surface area contributed by atoms with Gasteiger partial charge in [-0.25, -0.2) is 0 Å². The molecule has 2 nitrogen and oxygen atoms in total. The van der Waals surface area contributed by atoms with E-state index in [4.69, 9.17) is 8.83 Å². The summed E-state index contributed by atoms with van der Waals surface area (Å²) in [5.41, 5.74) is 19.0. The number of furan rings is 2. The summed E-state index contributed by atoms with van der Waals surface area (Å²) in [6.07, 6.45) is 7.10. The summed E-state index contributed by atoms with van der Waals surface area (Å²) in [6, 6.07) is 36.1. The normalized spacial score (nSPS) is 15.3. The largest absolute Gasteiger partial charge is 1.00 e. The zero-order valence-electron chi connectivity index (χ0n) is 32.5. The summed E-state index contributed by atoms with van der Waals surface area (Å²) >= 11 is -2.68. The van der Waals surface area contributed by atoms with E-state index in [0.717, 1.165) is 35.9 Å². The molecule has 54 heavy (non-hydrogen) atoms. The SMILES string of the molecule is CCc1cc2c(c(-c3ccccc3)c1C)C=C(c1ccc(C)o1)[CH]2[Zr+2]([CH]1C(c2ccc(C)o2)=Cc2c1cc(CC)c(C)c2-c1ccccc1)=[Si](C)C.[Cl-].[Cl-]. The van der Waals surface area contributed by atoms with Gasteiger partial charge in [0.2, 0.25) is 0 Å². The molecule has 2 atom stereocenters. The topological polar surface area (TPSA) is 26.3 Å². The maximum Gasteiger partial charge on any atom is -1.00 e. The van der Waals surface area contributed by atoms with E-state index in [-0.39, 0.29) is 24.8 Å². The zero-order valence-corrected chi connectivity index (χ0v) is 37.5. The fraction of sp³-hybridized carbons (Fsp3) is 0.250. The van der Waals surface area contributed by atoms with Gasteiger partial charge in [0.05, 0.1) is 0 Å². The van der Waals surface area contributed by atoms with Gasteiger partial charge in [-0.3, -0.25) is 0 Å². The minimum Gasteiger partial charge on any atom is -1.00 e. The van der Waals surface area contributed by atoms with Crippen LogP contribution in [0.3, 0.4) is 0 Å². The molecule has 0 radical (unpaired) electrons. The Labute approximate surface area is 341 Å². The molecule has 2 aromatic heterocycles. The van der Waals surface area contributed by atoms with Crippen LogP contribution in [0.1, 0.15) is 88.6 Å². The van der Waals surface area contributed by atoms with Gasteiger partial charge in [0.15, 0.2) is 0 Å². The first-order chi connectivity index (χ1) is 25.2. The standard InChI is InChI=1S/2C23H21O.C2H6Si.2ClH.Zr/c2*1-4-17-12-19-13-20(22-11-10-15(2)24-22)14-21(19)23(16(17)3)18-8-6-5-7-9-18;1-3-2;;;/h2*5-14H,4H2,1-3H3;1-2H3;2*1H;/q;;;;;+2/p-2. The summed E-state index contributed by atoms with van der Waals surface area (Å²) in [5.74, 6) is 4.01. The van der Waals surface area contributed by atoms with Gasteiger partial charge in [-0.15, -0.1) is 0 Å². The van der Waals surface area contributed by atoms with E-state index in [1.165, 1.54) is 77.9 Å². The third-order valence-corrected chi connectivity index (χ3v) is 30.7. The van der Waals surface area contributed by atoms with Crippen LogP contribution in [0.5, 0.6) is 0 Å². The van der Waals surface area contributed by atoms with Crippen molar-refractivity contribution in [2.24, 2.45) is 0 Å². The van der Waals surface area contributed by atoms with Crippen LogP contribution in [0.15, 0.2) is 106 Å².